The summed E-state index contributed by atoms with van der Waals surface area (Å²) in [6.45, 7) is 8.44. The van der Waals surface area contributed by atoms with Crippen LogP contribution in [0.2, 0.25) is 0 Å². The minimum Gasteiger partial charge on any atom is -0.357 e. The van der Waals surface area contributed by atoms with Gasteiger partial charge in [0, 0.05) is 32.4 Å². The van der Waals surface area contributed by atoms with Crippen LogP contribution in [0.1, 0.15) is 25.8 Å². The molecule has 1 amide bonds. The van der Waals surface area contributed by atoms with Gasteiger partial charge in [-0.2, -0.15) is 0 Å². The van der Waals surface area contributed by atoms with Crippen molar-refractivity contribution in [3.8, 4) is 0 Å². The molecule has 1 aliphatic rings. The molecule has 5 heteroatoms. The van der Waals surface area contributed by atoms with Gasteiger partial charge in [-0.05, 0) is 38.4 Å². The van der Waals surface area contributed by atoms with E-state index in [1.165, 1.54) is 0 Å². The van der Waals surface area contributed by atoms with Gasteiger partial charge >= 0.3 is 0 Å². The summed E-state index contributed by atoms with van der Waals surface area (Å²) in [6, 6.07) is 4.06. The third-order valence-electron chi connectivity index (χ3n) is 3.79. The van der Waals surface area contributed by atoms with Gasteiger partial charge in [0.25, 0.3) is 0 Å². The second-order valence-corrected chi connectivity index (χ2v) is 5.10. The Balaban J connectivity index is 1.85. The number of pyridine rings is 1. The van der Waals surface area contributed by atoms with Crippen molar-refractivity contribution in [2.45, 2.75) is 26.8 Å². The van der Waals surface area contributed by atoms with Crippen molar-refractivity contribution < 1.29 is 4.79 Å². The molecule has 0 aromatic carbocycles. The zero-order chi connectivity index (χ0) is 14.4. The molecule has 2 N–H and O–H groups in total. The van der Waals surface area contributed by atoms with Crippen molar-refractivity contribution in [3.63, 3.8) is 0 Å². The van der Waals surface area contributed by atoms with E-state index < -0.39 is 0 Å². The molecule has 1 aromatic heterocycles. The topological polar surface area (TPSA) is 57.3 Å². The van der Waals surface area contributed by atoms with Crippen LogP contribution < -0.4 is 15.5 Å². The minimum atomic E-state index is 0.123. The normalized spacial score (nSPS) is 18.0. The Kier molecular flexibility index (Phi) is 5.35. The van der Waals surface area contributed by atoms with Gasteiger partial charge in [0.15, 0.2) is 0 Å². The van der Waals surface area contributed by atoms with Crippen LogP contribution in [0.15, 0.2) is 18.3 Å². The summed E-state index contributed by atoms with van der Waals surface area (Å²) in [5, 5.41) is 6.19. The number of carbonyl (C=O) groups excluding carboxylic acids is 1. The highest BCUT2D eigenvalue weighted by Crippen LogP contribution is 2.11. The van der Waals surface area contributed by atoms with E-state index in [1.54, 1.807) is 0 Å². The van der Waals surface area contributed by atoms with Crippen LogP contribution in [0.3, 0.4) is 0 Å². The Morgan fingerprint density at radius 1 is 1.45 bits per heavy atom. The number of anilines is 1. The number of rotatable bonds is 6. The Morgan fingerprint density at radius 2 is 2.25 bits per heavy atom. The minimum absolute atomic E-state index is 0.123. The molecule has 1 aliphatic heterocycles. The lowest BCUT2D eigenvalue weighted by molar-refractivity contribution is -0.124. The molecule has 20 heavy (non-hydrogen) atoms. The van der Waals surface area contributed by atoms with Crippen LogP contribution in [0.5, 0.6) is 0 Å². The zero-order valence-electron chi connectivity index (χ0n) is 12.4. The van der Waals surface area contributed by atoms with E-state index >= 15 is 0 Å². The van der Waals surface area contributed by atoms with Gasteiger partial charge in [0.05, 0.1) is 5.92 Å². The number of hydrogen-bond donors (Lipinski definition) is 2. The third-order valence-corrected chi connectivity index (χ3v) is 3.79. The molecule has 1 atom stereocenters. The average Bonchev–Trinajstić information content (AvgIpc) is 3.01. The molecular formula is C15H24N4O. The number of amides is 1. The van der Waals surface area contributed by atoms with Crippen LogP contribution in [-0.2, 0) is 11.3 Å². The molecule has 1 aromatic rings. The van der Waals surface area contributed by atoms with Crippen molar-refractivity contribution >= 4 is 11.7 Å². The van der Waals surface area contributed by atoms with Crippen LogP contribution in [0.4, 0.5) is 5.82 Å². The van der Waals surface area contributed by atoms with Crippen molar-refractivity contribution in [3.05, 3.63) is 23.9 Å². The quantitative estimate of drug-likeness (QED) is 0.818. The highest BCUT2D eigenvalue weighted by molar-refractivity contribution is 5.79. The van der Waals surface area contributed by atoms with Crippen LogP contribution >= 0.6 is 0 Å². The van der Waals surface area contributed by atoms with E-state index in [2.05, 4.69) is 34.4 Å². The number of hydrogen-bond acceptors (Lipinski definition) is 4. The summed E-state index contributed by atoms with van der Waals surface area (Å²) in [4.78, 5) is 18.6. The Hall–Kier alpha value is -1.62. The third kappa shape index (κ3) is 3.70. The SMILES string of the molecule is CCN(CC)c1ccc(CNC(=O)C2CCNC2)cn1. The number of carbonyl (C=O) groups is 1. The monoisotopic (exact) mass is 276 g/mol. The van der Waals surface area contributed by atoms with Crippen molar-refractivity contribution in [1.29, 1.82) is 0 Å². The van der Waals surface area contributed by atoms with E-state index in [0.717, 1.165) is 44.0 Å². The molecule has 0 bridgehead atoms. The molecule has 1 saturated heterocycles. The first kappa shape index (κ1) is 14.8. The second-order valence-electron chi connectivity index (χ2n) is 5.10. The summed E-state index contributed by atoms with van der Waals surface area (Å²) in [5.41, 5.74) is 1.04. The standard InChI is InChI=1S/C15H24N4O/c1-3-19(4-2)14-6-5-12(9-17-14)10-18-15(20)13-7-8-16-11-13/h5-6,9,13,16H,3-4,7-8,10-11H2,1-2H3,(H,18,20). The molecule has 0 radical (unpaired) electrons. The molecule has 5 nitrogen and oxygen atoms in total. The maximum atomic E-state index is 11.9. The van der Waals surface area contributed by atoms with Crippen molar-refractivity contribution in [2.24, 2.45) is 5.92 Å². The van der Waals surface area contributed by atoms with E-state index in [-0.39, 0.29) is 11.8 Å². The van der Waals surface area contributed by atoms with Gasteiger partial charge in [-0.15, -0.1) is 0 Å². The van der Waals surface area contributed by atoms with Gasteiger partial charge in [0.2, 0.25) is 5.91 Å². The summed E-state index contributed by atoms with van der Waals surface area (Å²) < 4.78 is 0. The van der Waals surface area contributed by atoms with E-state index in [0.29, 0.717) is 6.54 Å². The van der Waals surface area contributed by atoms with Gasteiger partial charge in [-0.1, -0.05) is 6.07 Å². The lowest BCUT2D eigenvalue weighted by atomic mass is 10.1. The first-order chi connectivity index (χ1) is 9.74. The molecule has 0 spiro atoms. The maximum absolute atomic E-state index is 11.9. The smallest absolute Gasteiger partial charge is 0.224 e. The molecule has 2 heterocycles. The van der Waals surface area contributed by atoms with E-state index in [9.17, 15) is 4.79 Å². The lowest BCUT2D eigenvalue weighted by Crippen LogP contribution is -2.31. The Labute approximate surface area is 120 Å². The molecule has 0 aliphatic carbocycles. The fraction of sp³-hybridized carbons (Fsp3) is 0.600. The van der Waals surface area contributed by atoms with Gasteiger partial charge in [0.1, 0.15) is 5.82 Å². The Morgan fingerprint density at radius 3 is 2.80 bits per heavy atom. The first-order valence-corrected chi connectivity index (χ1v) is 7.42. The van der Waals surface area contributed by atoms with Gasteiger partial charge < -0.3 is 15.5 Å². The Bertz CT molecular complexity index is 422. The highest BCUT2D eigenvalue weighted by atomic mass is 16.1. The van der Waals surface area contributed by atoms with Crippen LogP contribution in [0.25, 0.3) is 0 Å². The highest BCUT2D eigenvalue weighted by Gasteiger charge is 2.21. The van der Waals surface area contributed by atoms with E-state index in [1.807, 2.05) is 18.3 Å². The van der Waals surface area contributed by atoms with Crippen LogP contribution in [-0.4, -0.2) is 37.1 Å². The van der Waals surface area contributed by atoms with E-state index in [4.69, 9.17) is 0 Å². The number of nitrogens with zero attached hydrogens (tertiary/aromatic N) is 2. The summed E-state index contributed by atoms with van der Waals surface area (Å²) in [6.07, 6.45) is 2.78. The number of aromatic nitrogens is 1. The molecule has 1 fully saturated rings. The molecular weight excluding hydrogens is 252 g/mol. The summed E-state index contributed by atoms with van der Waals surface area (Å²) >= 11 is 0. The average molecular weight is 276 g/mol. The molecule has 2 rings (SSSR count). The van der Waals surface area contributed by atoms with Gasteiger partial charge in [-0.3, -0.25) is 4.79 Å². The predicted octanol–water partition coefficient (Wildman–Crippen LogP) is 1.15. The molecule has 110 valence electrons. The second kappa shape index (κ2) is 7.24. The summed E-state index contributed by atoms with van der Waals surface area (Å²) in [7, 11) is 0. The lowest BCUT2D eigenvalue weighted by Gasteiger charge is -2.19. The first-order valence-electron chi connectivity index (χ1n) is 7.42. The zero-order valence-corrected chi connectivity index (χ0v) is 12.4. The van der Waals surface area contributed by atoms with Gasteiger partial charge in [-0.25, -0.2) is 4.98 Å². The largest absolute Gasteiger partial charge is 0.357 e. The fourth-order valence-electron chi connectivity index (χ4n) is 2.47. The molecule has 0 saturated carbocycles. The van der Waals surface area contributed by atoms with Crippen molar-refractivity contribution in [1.82, 2.24) is 15.6 Å². The maximum Gasteiger partial charge on any atom is 0.224 e. The van der Waals surface area contributed by atoms with Crippen LogP contribution in [0, 0.1) is 5.92 Å². The number of nitrogens with one attached hydrogen (secondary N) is 2. The summed E-state index contributed by atoms with van der Waals surface area (Å²) in [5.74, 6) is 1.26. The predicted molar refractivity (Wildman–Crippen MR) is 80.6 cm³/mol. The fourth-order valence-corrected chi connectivity index (χ4v) is 2.47. The molecule has 1 unspecified atom stereocenters. The van der Waals surface area contributed by atoms with Crippen molar-refractivity contribution in [2.75, 3.05) is 31.1 Å².